The Kier molecular flexibility index (Phi) is 5.17. The summed E-state index contributed by atoms with van der Waals surface area (Å²) < 4.78 is 29.3. The predicted molar refractivity (Wildman–Crippen MR) is 71.2 cm³/mol. The molecule has 0 aliphatic rings. The molecular formula is C10H18N4O3S. The lowest BCUT2D eigenvalue weighted by Crippen LogP contribution is -2.27. The molecule has 0 saturated carbocycles. The predicted octanol–water partition coefficient (Wildman–Crippen LogP) is 0.0236. The quantitative estimate of drug-likeness (QED) is 0.605. The highest BCUT2D eigenvalue weighted by Gasteiger charge is 2.04. The largest absolute Gasteiger partial charge is 0.476 e. The lowest BCUT2D eigenvalue weighted by atomic mass is 10.4. The highest BCUT2D eigenvalue weighted by Crippen LogP contribution is 2.20. The summed E-state index contributed by atoms with van der Waals surface area (Å²) in [6.07, 6.45) is 1.11. The van der Waals surface area contributed by atoms with Gasteiger partial charge in [-0.25, -0.2) is 13.1 Å². The minimum Gasteiger partial charge on any atom is -0.476 e. The smallest absolute Gasteiger partial charge is 0.239 e. The van der Waals surface area contributed by atoms with Gasteiger partial charge in [-0.15, -0.1) is 0 Å². The molecule has 0 aliphatic heterocycles. The Morgan fingerprint density at radius 1 is 1.39 bits per heavy atom. The molecule has 0 aromatic carbocycles. The molecule has 8 heteroatoms. The molecule has 0 aliphatic carbocycles. The van der Waals surface area contributed by atoms with Crippen LogP contribution >= 0.6 is 0 Å². The van der Waals surface area contributed by atoms with Crippen molar-refractivity contribution in [2.45, 2.75) is 6.92 Å². The Morgan fingerprint density at radius 2 is 2.11 bits per heavy atom. The van der Waals surface area contributed by atoms with E-state index in [1.54, 1.807) is 12.1 Å². The molecule has 4 N–H and O–H groups in total. The maximum atomic E-state index is 10.8. The van der Waals surface area contributed by atoms with Crippen molar-refractivity contribution in [3.63, 3.8) is 0 Å². The number of nitrogens with one attached hydrogen (secondary N) is 2. The highest BCUT2D eigenvalue weighted by molar-refractivity contribution is 7.88. The number of anilines is 2. The summed E-state index contributed by atoms with van der Waals surface area (Å²) in [5.41, 5.74) is 6.15. The number of aromatic nitrogens is 1. The maximum Gasteiger partial charge on any atom is 0.239 e. The molecular weight excluding hydrogens is 256 g/mol. The van der Waals surface area contributed by atoms with Gasteiger partial charge in [0, 0.05) is 13.1 Å². The Bertz CT molecular complexity index is 490. The van der Waals surface area contributed by atoms with E-state index in [4.69, 9.17) is 10.5 Å². The van der Waals surface area contributed by atoms with Crippen molar-refractivity contribution >= 4 is 21.5 Å². The van der Waals surface area contributed by atoms with Crippen LogP contribution in [0.1, 0.15) is 6.92 Å². The Balaban J connectivity index is 2.50. The average molecular weight is 274 g/mol. The first-order valence-corrected chi connectivity index (χ1v) is 7.39. The van der Waals surface area contributed by atoms with Gasteiger partial charge in [-0.05, 0) is 19.1 Å². The fourth-order valence-corrected chi connectivity index (χ4v) is 1.70. The minimum absolute atomic E-state index is 0.287. The monoisotopic (exact) mass is 274 g/mol. The third-order valence-electron chi connectivity index (χ3n) is 1.97. The summed E-state index contributed by atoms with van der Waals surface area (Å²) >= 11 is 0. The molecule has 0 amide bonds. The van der Waals surface area contributed by atoms with E-state index in [9.17, 15) is 8.42 Å². The molecule has 1 aromatic heterocycles. The van der Waals surface area contributed by atoms with Crippen LogP contribution in [-0.2, 0) is 10.0 Å². The third-order valence-corrected chi connectivity index (χ3v) is 2.69. The number of pyridine rings is 1. The Hall–Kier alpha value is -1.54. The Labute approximate surface area is 107 Å². The first kappa shape index (κ1) is 14.5. The molecule has 0 radical (unpaired) electrons. The zero-order valence-electron chi connectivity index (χ0n) is 10.4. The van der Waals surface area contributed by atoms with Gasteiger partial charge in [-0.2, -0.15) is 4.98 Å². The fourth-order valence-electron chi connectivity index (χ4n) is 1.23. The first-order chi connectivity index (χ1) is 8.42. The maximum absolute atomic E-state index is 10.8. The Morgan fingerprint density at radius 3 is 2.72 bits per heavy atom. The van der Waals surface area contributed by atoms with Crippen LogP contribution in [0.3, 0.4) is 0 Å². The number of nitrogen functional groups attached to an aromatic ring is 1. The zero-order valence-corrected chi connectivity index (χ0v) is 11.3. The summed E-state index contributed by atoms with van der Waals surface area (Å²) in [6, 6.07) is 3.39. The molecule has 1 heterocycles. The number of sulfonamides is 1. The van der Waals surface area contributed by atoms with Gasteiger partial charge in [0.25, 0.3) is 0 Å². The summed E-state index contributed by atoms with van der Waals surface area (Å²) in [7, 11) is -3.16. The van der Waals surface area contributed by atoms with Gasteiger partial charge in [0.2, 0.25) is 15.9 Å². The van der Waals surface area contributed by atoms with Gasteiger partial charge in [-0.1, -0.05) is 0 Å². The first-order valence-electron chi connectivity index (χ1n) is 5.50. The topological polar surface area (TPSA) is 106 Å². The molecule has 7 nitrogen and oxygen atoms in total. The molecule has 0 spiro atoms. The van der Waals surface area contributed by atoms with Crippen LogP contribution in [0.4, 0.5) is 11.5 Å². The van der Waals surface area contributed by atoms with Crippen molar-refractivity contribution in [2.24, 2.45) is 0 Å². The third kappa shape index (κ3) is 5.19. The van der Waals surface area contributed by atoms with E-state index < -0.39 is 10.0 Å². The number of nitrogens with two attached hydrogens (primary N) is 1. The SMILES string of the molecule is CCOc1nc(NCCNS(C)(=O)=O)ccc1N. The molecule has 0 fully saturated rings. The van der Waals surface area contributed by atoms with E-state index in [1.165, 1.54) is 0 Å². The van der Waals surface area contributed by atoms with Gasteiger partial charge in [0.05, 0.1) is 18.6 Å². The molecule has 102 valence electrons. The van der Waals surface area contributed by atoms with Crippen molar-refractivity contribution in [2.75, 3.05) is 37.0 Å². The van der Waals surface area contributed by atoms with Crippen molar-refractivity contribution in [1.29, 1.82) is 0 Å². The van der Waals surface area contributed by atoms with Crippen molar-refractivity contribution in [1.82, 2.24) is 9.71 Å². The van der Waals surface area contributed by atoms with Gasteiger partial charge < -0.3 is 15.8 Å². The van der Waals surface area contributed by atoms with Gasteiger partial charge >= 0.3 is 0 Å². The van der Waals surface area contributed by atoms with E-state index >= 15 is 0 Å². The number of rotatable bonds is 7. The van der Waals surface area contributed by atoms with E-state index in [0.29, 0.717) is 30.5 Å². The molecule has 18 heavy (non-hydrogen) atoms. The summed E-state index contributed by atoms with van der Waals surface area (Å²) in [6.45, 7) is 3.04. The van der Waals surface area contributed by atoms with Crippen LogP contribution in [0.25, 0.3) is 0 Å². The second kappa shape index (κ2) is 6.41. The summed E-state index contributed by atoms with van der Waals surface area (Å²) in [5, 5.41) is 2.97. The van der Waals surface area contributed by atoms with Crippen LogP contribution in [0.15, 0.2) is 12.1 Å². The highest BCUT2D eigenvalue weighted by atomic mass is 32.2. The minimum atomic E-state index is -3.16. The summed E-state index contributed by atoms with van der Waals surface area (Å²) in [5.74, 6) is 0.960. The molecule has 0 bridgehead atoms. The van der Waals surface area contributed by atoms with Crippen LogP contribution in [-0.4, -0.2) is 39.4 Å². The van der Waals surface area contributed by atoms with Crippen LogP contribution in [0, 0.1) is 0 Å². The van der Waals surface area contributed by atoms with Crippen molar-refractivity contribution < 1.29 is 13.2 Å². The number of hydrogen-bond donors (Lipinski definition) is 3. The summed E-state index contributed by atoms with van der Waals surface area (Å²) in [4.78, 5) is 4.16. The second-order valence-electron chi connectivity index (χ2n) is 3.62. The van der Waals surface area contributed by atoms with Gasteiger partial charge in [0.1, 0.15) is 5.82 Å². The van der Waals surface area contributed by atoms with Crippen LogP contribution in [0.2, 0.25) is 0 Å². The molecule has 1 aromatic rings. The lowest BCUT2D eigenvalue weighted by Gasteiger charge is -2.09. The molecule has 0 saturated heterocycles. The number of hydrogen-bond acceptors (Lipinski definition) is 6. The van der Waals surface area contributed by atoms with E-state index in [0.717, 1.165) is 6.26 Å². The normalized spacial score (nSPS) is 11.2. The van der Waals surface area contributed by atoms with Gasteiger partial charge in [-0.3, -0.25) is 0 Å². The molecule has 0 atom stereocenters. The van der Waals surface area contributed by atoms with Crippen molar-refractivity contribution in [3.05, 3.63) is 12.1 Å². The molecule has 1 rings (SSSR count). The van der Waals surface area contributed by atoms with E-state index in [1.807, 2.05) is 6.92 Å². The van der Waals surface area contributed by atoms with Crippen molar-refractivity contribution in [3.8, 4) is 5.88 Å². The van der Waals surface area contributed by atoms with Gasteiger partial charge in [0.15, 0.2) is 0 Å². The lowest BCUT2D eigenvalue weighted by molar-refractivity contribution is 0.329. The zero-order chi connectivity index (χ0) is 13.6. The number of nitrogens with zero attached hydrogens (tertiary/aromatic N) is 1. The van der Waals surface area contributed by atoms with Crippen LogP contribution in [0.5, 0.6) is 5.88 Å². The number of ether oxygens (including phenoxy) is 1. The van der Waals surface area contributed by atoms with Crippen LogP contribution < -0.4 is 20.5 Å². The van der Waals surface area contributed by atoms with E-state index in [-0.39, 0.29) is 6.54 Å². The standard InChI is InChI=1S/C10H18N4O3S/c1-3-17-10-8(11)4-5-9(14-10)12-6-7-13-18(2,15)16/h4-5,13H,3,6-7,11H2,1-2H3,(H,12,14). The average Bonchev–Trinajstić information content (AvgIpc) is 2.28. The second-order valence-corrected chi connectivity index (χ2v) is 5.45. The molecule has 0 unspecified atom stereocenters. The van der Waals surface area contributed by atoms with E-state index in [2.05, 4.69) is 15.0 Å². The fraction of sp³-hybridized carbons (Fsp3) is 0.500.